The van der Waals surface area contributed by atoms with E-state index in [2.05, 4.69) is 0 Å². The molecule has 1 atom stereocenters. The van der Waals surface area contributed by atoms with E-state index in [1.54, 1.807) is 0 Å². The smallest absolute Gasteiger partial charge is 0.272 e. The highest BCUT2D eigenvalue weighted by atomic mass is 16.6. The van der Waals surface area contributed by atoms with Gasteiger partial charge in [-0.15, -0.1) is 0 Å². The minimum atomic E-state index is -1.24. The number of nitriles is 2. The lowest BCUT2D eigenvalue weighted by Crippen LogP contribution is -2.04. The van der Waals surface area contributed by atoms with E-state index in [9.17, 15) is 0 Å². The largest absolute Gasteiger partial charge is 0.332 e. The molecule has 3 nitrogen and oxygen atoms in total. The van der Waals surface area contributed by atoms with Gasteiger partial charge in [-0.2, -0.15) is 10.5 Å². The Morgan fingerprint density at radius 3 is 2.21 bits per heavy atom. The van der Waals surface area contributed by atoms with Gasteiger partial charge in [0.25, 0.3) is 5.60 Å². The summed E-state index contributed by atoms with van der Waals surface area (Å²) in [7, 11) is 0. The SMILES string of the molecule is Cc1ccc(C2OC2(C#N)C#N)cc1. The van der Waals surface area contributed by atoms with Crippen molar-refractivity contribution in [1.29, 1.82) is 10.5 Å². The molecular formula is C11H8N2O. The van der Waals surface area contributed by atoms with Crippen LogP contribution in [0.2, 0.25) is 0 Å². The van der Waals surface area contributed by atoms with Crippen LogP contribution in [0, 0.1) is 29.6 Å². The fraction of sp³-hybridized carbons (Fsp3) is 0.273. The highest BCUT2D eigenvalue weighted by Crippen LogP contribution is 2.48. The summed E-state index contributed by atoms with van der Waals surface area (Å²) >= 11 is 0. The molecule has 0 aromatic heterocycles. The van der Waals surface area contributed by atoms with E-state index in [0.717, 1.165) is 11.1 Å². The Kier molecular flexibility index (Phi) is 1.77. The summed E-state index contributed by atoms with van der Waals surface area (Å²) in [6.07, 6.45) is -0.377. The second-order valence-electron chi connectivity index (χ2n) is 3.37. The summed E-state index contributed by atoms with van der Waals surface area (Å²) < 4.78 is 5.11. The van der Waals surface area contributed by atoms with Crippen molar-refractivity contribution in [2.24, 2.45) is 0 Å². The zero-order chi connectivity index (χ0) is 10.2. The molecule has 68 valence electrons. The van der Waals surface area contributed by atoms with Gasteiger partial charge in [0.15, 0.2) is 0 Å². The number of rotatable bonds is 1. The number of epoxide rings is 1. The van der Waals surface area contributed by atoms with Gasteiger partial charge in [-0.25, -0.2) is 0 Å². The Balaban J connectivity index is 2.26. The lowest BCUT2D eigenvalue weighted by Gasteiger charge is -1.96. The zero-order valence-corrected chi connectivity index (χ0v) is 7.69. The predicted molar refractivity (Wildman–Crippen MR) is 49.0 cm³/mol. The highest BCUT2D eigenvalue weighted by molar-refractivity contribution is 5.39. The van der Waals surface area contributed by atoms with Crippen LogP contribution >= 0.6 is 0 Å². The molecule has 1 aliphatic heterocycles. The maximum absolute atomic E-state index is 8.75. The summed E-state index contributed by atoms with van der Waals surface area (Å²) in [5, 5.41) is 17.5. The normalized spacial score (nSPS) is 22.1. The third kappa shape index (κ3) is 1.16. The number of hydrogen-bond donors (Lipinski definition) is 0. The van der Waals surface area contributed by atoms with Crippen LogP contribution in [0.5, 0.6) is 0 Å². The molecule has 0 amide bonds. The molecule has 1 unspecified atom stereocenters. The predicted octanol–water partition coefficient (Wildman–Crippen LogP) is 1.85. The quantitative estimate of drug-likeness (QED) is 0.626. The molecule has 1 heterocycles. The molecule has 1 fully saturated rings. The van der Waals surface area contributed by atoms with E-state index < -0.39 is 5.60 Å². The molecule has 3 heteroatoms. The van der Waals surface area contributed by atoms with Crippen LogP contribution in [0.3, 0.4) is 0 Å². The van der Waals surface area contributed by atoms with Crippen LogP contribution < -0.4 is 0 Å². The van der Waals surface area contributed by atoms with Crippen molar-refractivity contribution < 1.29 is 4.74 Å². The van der Waals surface area contributed by atoms with Gasteiger partial charge in [0, 0.05) is 0 Å². The highest BCUT2D eigenvalue weighted by Gasteiger charge is 2.59. The first kappa shape index (κ1) is 8.74. The minimum Gasteiger partial charge on any atom is -0.332 e. The van der Waals surface area contributed by atoms with E-state index in [1.165, 1.54) is 0 Å². The third-order valence-corrected chi connectivity index (χ3v) is 2.33. The number of nitrogens with zero attached hydrogens (tertiary/aromatic N) is 2. The summed E-state index contributed by atoms with van der Waals surface area (Å²) in [5.74, 6) is 0. The van der Waals surface area contributed by atoms with Gasteiger partial charge < -0.3 is 4.74 Å². The molecule has 0 bridgehead atoms. The van der Waals surface area contributed by atoms with Gasteiger partial charge in [-0.05, 0) is 12.5 Å². The molecule has 1 aromatic rings. The van der Waals surface area contributed by atoms with Crippen molar-refractivity contribution in [3.05, 3.63) is 35.4 Å². The zero-order valence-electron chi connectivity index (χ0n) is 7.69. The third-order valence-electron chi connectivity index (χ3n) is 2.33. The van der Waals surface area contributed by atoms with Crippen molar-refractivity contribution in [3.8, 4) is 12.1 Å². The van der Waals surface area contributed by atoms with Gasteiger partial charge in [-0.1, -0.05) is 29.8 Å². The monoisotopic (exact) mass is 184 g/mol. The molecule has 1 aliphatic rings. The van der Waals surface area contributed by atoms with Crippen LogP contribution in [-0.4, -0.2) is 5.60 Å². The van der Waals surface area contributed by atoms with Gasteiger partial charge in [-0.3, -0.25) is 0 Å². The second kappa shape index (κ2) is 2.83. The van der Waals surface area contributed by atoms with Crippen molar-refractivity contribution in [1.82, 2.24) is 0 Å². The van der Waals surface area contributed by atoms with Gasteiger partial charge in [0.1, 0.15) is 18.2 Å². The van der Waals surface area contributed by atoms with E-state index >= 15 is 0 Å². The van der Waals surface area contributed by atoms with Gasteiger partial charge >= 0.3 is 0 Å². The molecule has 0 N–H and O–H groups in total. The number of ether oxygens (including phenoxy) is 1. The Labute approximate surface area is 82.1 Å². The molecule has 0 spiro atoms. The van der Waals surface area contributed by atoms with E-state index in [-0.39, 0.29) is 6.10 Å². The van der Waals surface area contributed by atoms with Crippen LogP contribution in [-0.2, 0) is 4.74 Å². The lowest BCUT2D eigenvalue weighted by atomic mass is 10.0. The van der Waals surface area contributed by atoms with Gasteiger partial charge in [0.2, 0.25) is 0 Å². The molecule has 1 aromatic carbocycles. The first-order chi connectivity index (χ1) is 6.72. The Bertz CT molecular complexity index is 422. The molecule has 0 aliphatic carbocycles. The van der Waals surface area contributed by atoms with Crippen molar-refractivity contribution in [2.75, 3.05) is 0 Å². The number of hydrogen-bond acceptors (Lipinski definition) is 3. The maximum Gasteiger partial charge on any atom is 0.272 e. The first-order valence-corrected chi connectivity index (χ1v) is 4.29. The lowest BCUT2D eigenvalue weighted by molar-refractivity contribution is 0.369. The first-order valence-electron chi connectivity index (χ1n) is 4.29. The van der Waals surface area contributed by atoms with Crippen LogP contribution in [0.1, 0.15) is 17.2 Å². The fourth-order valence-corrected chi connectivity index (χ4v) is 1.39. The Hall–Kier alpha value is -1.84. The minimum absolute atomic E-state index is 0.377. The molecule has 1 saturated heterocycles. The van der Waals surface area contributed by atoms with Crippen molar-refractivity contribution in [2.45, 2.75) is 18.6 Å². The van der Waals surface area contributed by atoms with Crippen molar-refractivity contribution >= 4 is 0 Å². The standard InChI is InChI=1S/C11H8N2O/c1-8-2-4-9(5-3-8)10-11(6-12,7-13)14-10/h2-5,10H,1H3. The summed E-state index contributed by atoms with van der Waals surface area (Å²) in [4.78, 5) is 0. The van der Waals surface area contributed by atoms with Crippen LogP contribution in [0.4, 0.5) is 0 Å². The molecular weight excluding hydrogens is 176 g/mol. The fourth-order valence-electron chi connectivity index (χ4n) is 1.39. The van der Waals surface area contributed by atoms with E-state index in [0.29, 0.717) is 0 Å². The average Bonchev–Trinajstić information content (AvgIpc) is 2.94. The second-order valence-corrected chi connectivity index (χ2v) is 3.37. The van der Waals surface area contributed by atoms with E-state index in [4.69, 9.17) is 15.3 Å². The van der Waals surface area contributed by atoms with Gasteiger partial charge in [0.05, 0.1) is 0 Å². The summed E-state index contributed by atoms with van der Waals surface area (Å²) in [6, 6.07) is 11.4. The molecule has 0 radical (unpaired) electrons. The number of aryl methyl sites for hydroxylation is 1. The molecule has 14 heavy (non-hydrogen) atoms. The van der Waals surface area contributed by atoms with E-state index in [1.807, 2.05) is 43.3 Å². The number of benzene rings is 1. The summed E-state index contributed by atoms with van der Waals surface area (Å²) in [5.41, 5.74) is 0.794. The average molecular weight is 184 g/mol. The molecule has 0 saturated carbocycles. The van der Waals surface area contributed by atoms with Crippen LogP contribution in [0.15, 0.2) is 24.3 Å². The topological polar surface area (TPSA) is 60.1 Å². The molecule has 2 rings (SSSR count). The Morgan fingerprint density at radius 1 is 1.21 bits per heavy atom. The summed E-state index contributed by atoms with van der Waals surface area (Å²) in [6.45, 7) is 1.99. The Morgan fingerprint density at radius 2 is 1.79 bits per heavy atom. The van der Waals surface area contributed by atoms with Crippen molar-refractivity contribution in [3.63, 3.8) is 0 Å². The van der Waals surface area contributed by atoms with Crippen LogP contribution in [0.25, 0.3) is 0 Å². The maximum atomic E-state index is 8.75.